The quantitative estimate of drug-likeness (QED) is 0.480. The van der Waals surface area contributed by atoms with E-state index in [1.165, 1.54) is 5.56 Å². The van der Waals surface area contributed by atoms with E-state index in [-0.39, 0.29) is 5.91 Å². The molecule has 4 rings (SSSR count). The maximum absolute atomic E-state index is 12.4. The lowest BCUT2D eigenvalue weighted by atomic mass is 10.2. The number of aromatic nitrogens is 2. The molecule has 0 atom stereocenters. The number of amides is 1. The Hall–Kier alpha value is -3.80. The molecule has 0 aliphatic rings. The van der Waals surface area contributed by atoms with Gasteiger partial charge >= 0.3 is 0 Å². The van der Waals surface area contributed by atoms with Crippen LogP contribution in [0, 0.1) is 6.92 Å². The van der Waals surface area contributed by atoms with E-state index in [0.717, 1.165) is 17.1 Å². The van der Waals surface area contributed by atoms with Crippen LogP contribution >= 0.6 is 0 Å². The molecule has 0 saturated carbocycles. The van der Waals surface area contributed by atoms with Gasteiger partial charge in [0.15, 0.2) is 0 Å². The number of nitrogens with one attached hydrogen (secondary N) is 1. The van der Waals surface area contributed by atoms with Gasteiger partial charge in [-0.15, -0.1) is 0 Å². The van der Waals surface area contributed by atoms with Gasteiger partial charge in [-0.2, -0.15) is 0 Å². The van der Waals surface area contributed by atoms with Crippen molar-refractivity contribution in [1.82, 2.24) is 9.38 Å². The number of hydrogen-bond donors (Lipinski definition) is 1. The van der Waals surface area contributed by atoms with Crippen molar-refractivity contribution >= 4 is 17.2 Å². The Morgan fingerprint density at radius 2 is 1.63 bits per heavy atom. The molecule has 6 nitrogen and oxygen atoms in total. The normalized spacial score (nSPS) is 10.7. The summed E-state index contributed by atoms with van der Waals surface area (Å²) >= 11 is 0. The summed E-state index contributed by atoms with van der Waals surface area (Å²) in [5.74, 6) is 1.28. The largest absolute Gasteiger partial charge is 0.494 e. The number of carbonyl (C=O) groups excluding carboxylic acids is 1. The summed E-state index contributed by atoms with van der Waals surface area (Å²) in [6, 6.07) is 18.4. The SMILES string of the molecule is CCOc1ccc(NC(=O)c2ccc(OCc3cn4cc(C)ccc4n3)cc2)cc1. The Kier molecular flexibility index (Phi) is 5.66. The second kappa shape index (κ2) is 8.69. The summed E-state index contributed by atoms with van der Waals surface area (Å²) < 4.78 is 13.2. The van der Waals surface area contributed by atoms with Crippen LogP contribution in [-0.2, 0) is 6.61 Å². The molecule has 2 aromatic carbocycles. The highest BCUT2D eigenvalue weighted by molar-refractivity contribution is 6.04. The van der Waals surface area contributed by atoms with Crippen LogP contribution in [0.2, 0.25) is 0 Å². The molecule has 0 spiro atoms. The number of fused-ring (bicyclic) bond motifs is 1. The Balaban J connectivity index is 1.35. The van der Waals surface area contributed by atoms with Gasteiger partial charge in [-0.25, -0.2) is 4.98 Å². The van der Waals surface area contributed by atoms with Crippen LogP contribution in [0.25, 0.3) is 5.65 Å². The third kappa shape index (κ3) is 4.60. The number of aryl methyl sites for hydroxylation is 1. The minimum atomic E-state index is -0.179. The molecule has 6 heteroatoms. The summed E-state index contributed by atoms with van der Waals surface area (Å²) in [6.07, 6.45) is 3.99. The monoisotopic (exact) mass is 401 g/mol. The maximum Gasteiger partial charge on any atom is 0.255 e. The van der Waals surface area contributed by atoms with Crippen LogP contribution in [0.3, 0.4) is 0 Å². The van der Waals surface area contributed by atoms with Crippen molar-refractivity contribution in [1.29, 1.82) is 0 Å². The van der Waals surface area contributed by atoms with Gasteiger partial charge in [-0.05, 0) is 74.0 Å². The number of rotatable bonds is 7. The summed E-state index contributed by atoms with van der Waals surface area (Å²) in [4.78, 5) is 17.0. The summed E-state index contributed by atoms with van der Waals surface area (Å²) in [5, 5.41) is 2.88. The predicted octanol–water partition coefficient (Wildman–Crippen LogP) is 4.87. The minimum absolute atomic E-state index is 0.179. The smallest absolute Gasteiger partial charge is 0.255 e. The predicted molar refractivity (Wildman–Crippen MR) is 116 cm³/mol. The number of anilines is 1. The minimum Gasteiger partial charge on any atom is -0.494 e. The van der Waals surface area contributed by atoms with Gasteiger partial charge in [-0.1, -0.05) is 6.07 Å². The summed E-state index contributed by atoms with van der Waals surface area (Å²) in [5.41, 5.74) is 4.18. The van der Waals surface area contributed by atoms with Crippen molar-refractivity contribution in [3.05, 3.63) is 89.9 Å². The number of hydrogen-bond acceptors (Lipinski definition) is 4. The van der Waals surface area contributed by atoms with Crippen molar-refractivity contribution in [2.24, 2.45) is 0 Å². The molecule has 0 fully saturated rings. The van der Waals surface area contributed by atoms with Gasteiger partial charge in [-0.3, -0.25) is 4.79 Å². The van der Waals surface area contributed by atoms with Crippen molar-refractivity contribution in [3.63, 3.8) is 0 Å². The molecule has 1 N–H and O–H groups in total. The van der Waals surface area contributed by atoms with Crippen LogP contribution in [0.5, 0.6) is 11.5 Å². The number of benzene rings is 2. The first-order valence-electron chi connectivity index (χ1n) is 9.82. The van der Waals surface area contributed by atoms with E-state index in [1.54, 1.807) is 24.3 Å². The first kappa shape index (κ1) is 19.5. The van der Waals surface area contributed by atoms with Gasteiger partial charge in [0.05, 0.1) is 12.3 Å². The Morgan fingerprint density at radius 3 is 2.37 bits per heavy atom. The fraction of sp³-hybridized carbons (Fsp3) is 0.167. The average Bonchev–Trinajstić information content (AvgIpc) is 3.16. The van der Waals surface area contributed by atoms with E-state index < -0.39 is 0 Å². The van der Waals surface area contributed by atoms with E-state index in [2.05, 4.69) is 10.3 Å². The number of ether oxygens (including phenoxy) is 2. The lowest BCUT2D eigenvalue weighted by Gasteiger charge is -2.08. The van der Waals surface area contributed by atoms with E-state index >= 15 is 0 Å². The third-order valence-corrected chi connectivity index (χ3v) is 4.58. The summed E-state index contributed by atoms with van der Waals surface area (Å²) in [7, 11) is 0. The number of nitrogens with zero attached hydrogens (tertiary/aromatic N) is 2. The van der Waals surface area contributed by atoms with Gasteiger partial charge in [0.25, 0.3) is 5.91 Å². The van der Waals surface area contributed by atoms with Crippen LogP contribution < -0.4 is 14.8 Å². The molecular formula is C24H23N3O3. The second-order valence-corrected chi connectivity index (χ2v) is 6.93. The third-order valence-electron chi connectivity index (χ3n) is 4.58. The van der Waals surface area contributed by atoms with Crippen LogP contribution in [0.4, 0.5) is 5.69 Å². The number of carbonyl (C=O) groups is 1. The lowest BCUT2D eigenvalue weighted by Crippen LogP contribution is -2.11. The lowest BCUT2D eigenvalue weighted by molar-refractivity contribution is 0.102. The standard InChI is InChI=1S/C24H23N3O3/c1-3-29-21-11-7-19(8-12-21)26-24(28)18-5-9-22(10-6-18)30-16-20-15-27-14-17(2)4-13-23(27)25-20/h4-15H,3,16H2,1-2H3,(H,26,28). The van der Waals surface area contributed by atoms with E-state index in [1.807, 2.05) is 67.0 Å². The molecule has 152 valence electrons. The van der Waals surface area contributed by atoms with E-state index in [0.29, 0.717) is 30.2 Å². The second-order valence-electron chi connectivity index (χ2n) is 6.93. The van der Waals surface area contributed by atoms with Gasteiger partial charge in [0.2, 0.25) is 0 Å². The molecule has 0 unspecified atom stereocenters. The zero-order chi connectivity index (χ0) is 20.9. The molecule has 0 aliphatic heterocycles. The zero-order valence-electron chi connectivity index (χ0n) is 17.0. The first-order valence-corrected chi connectivity index (χ1v) is 9.82. The molecule has 0 bridgehead atoms. The molecular weight excluding hydrogens is 378 g/mol. The first-order chi connectivity index (χ1) is 14.6. The molecule has 2 heterocycles. The van der Waals surface area contributed by atoms with Crippen LogP contribution in [0.15, 0.2) is 73.1 Å². The molecule has 4 aromatic rings. The van der Waals surface area contributed by atoms with Crippen molar-refractivity contribution in [3.8, 4) is 11.5 Å². The summed E-state index contributed by atoms with van der Waals surface area (Å²) in [6.45, 7) is 4.94. The van der Waals surface area contributed by atoms with Crippen molar-refractivity contribution in [2.75, 3.05) is 11.9 Å². The van der Waals surface area contributed by atoms with Crippen molar-refractivity contribution in [2.45, 2.75) is 20.5 Å². The van der Waals surface area contributed by atoms with Crippen LogP contribution in [0.1, 0.15) is 28.5 Å². The zero-order valence-corrected chi connectivity index (χ0v) is 17.0. The number of imidazole rings is 1. The van der Waals surface area contributed by atoms with E-state index in [4.69, 9.17) is 9.47 Å². The fourth-order valence-electron chi connectivity index (χ4n) is 3.09. The highest BCUT2D eigenvalue weighted by Crippen LogP contribution is 2.18. The Morgan fingerprint density at radius 1 is 0.933 bits per heavy atom. The Labute approximate surface area is 175 Å². The topological polar surface area (TPSA) is 64.9 Å². The van der Waals surface area contributed by atoms with Gasteiger partial charge < -0.3 is 19.2 Å². The molecule has 0 aliphatic carbocycles. The number of pyridine rings is 1. The van der Waals surface area contributed by atoms with Gasteiger partial charge in [0.1, 0.15) is 23.8 Å². The Bertz CT molecular complexity index is 1150. The van der Waals surface area contributed by atoms with Crippen LogP contribution in [-0.4, -0.2) is 21.9 Å². The molecule has 0 radical (unpaired) electrons. The molecule has 2 aromatic heterocycles. The highest BCUT2D eigenvalue weighted by atomic mass is 16.5. The van der Waals surface area contributed by atoms with Crippen molar-refractivity contribution < 1.29 is 14.3 Å². The molecule has 30 heavy (non-hydrogen) atoms. The molecule has 1 amide bonds. The fourth-order valence-corrected chi connectivity index (χ4v) is 3.09. The molecule has 0 saturated heterocycles. The maximum atomic E-state index is 12.4. The van der Waals surface area contributed by atoms with Gasteiger partial charge in [0, 0.05) is 23.6 Å². The van der Waals surface area contributed by atoms with E-state index in [9.17, 15) is 4.79 Å². The average molecular weight is 401 g/mol. The highest BCUT2D eigenvalue weighted by Gasteiger charge is 2.08.